The summed E-state index contributed by atoms with van der Waals surface area (Å²) in [4.78, 5) is 26.9. The molecule has 6 heteroatoms. The molecule has 0 bridgehead atoms. The smallest absolute Gasteiger partial charge is 0.348 e. The lowest BCUT2D eigenvalue weighted by Crippen LogP contribution is -2.08. The molecule has 0 spiro atoms. The summed E-state index contributed by atoms with van der Waals surface area (Å²) in [6.07, 6.45) is 3.76. The van der Waals surface area contributed by atoms with Crippen molar-refractivity contribution in [2.75, 3.05) is 5.32 Å². The van der Waals surface area contributed by atoms with E-state index in [0.29, 0.717) is 17.2 Å². The number of carbonyl (C=O) groups excluding carboxylic acids is 1. The number of nitrogens with one attached hydrogen (secondary N) is 1. The SMILES string of the molecule is CCC(=O)Nc1nc(/C=C/c2ccc(C)cc2)c(C(=O)O)s1. The van der Waals surface area contributed by atoms with Crippen molar-refractivity contribution in [3.8, 4) is 0 Å². The van der Waals surface area contributed by atoms with E-state index in [4.69, 9.17) is 0 Å². The molecule has 1 aromatic carbocycles. The van der Waals surface area contributed by atoms with Crippen LogP contribution in [0.1, 0.15) is 39.8 Å². The third kappa shape index (κ3) is 4.02. The summed E-state index contributed by atoms with van der Waals surface area (Å²) >= 11 is 0.955. The average Bonchev–Trinajstić information content (AvgIpc) is 2.89. The van der Waals surface area contributed by atoms with Gasteiger partial charge in [0.2, 0.25) is 5.91 Å². The molecular formula is C16H16N2O3S. The fourth-order valence-corrected chi connectivity index (χ4v) is 2.52. The van der Waals surface area contributed by atoms with Crippen molar-refractivity contribution < 1.29 is 14.7 Å². The van der Waals surface area contributed by atoms with E-state index in [2.05, 4.69) is 10.3 Å². The molecule has 1 aromatic heterocycles. The van der Waals surface area contributed by atoms with Crippen LogP contribution < -0.4 is 5.32 Å². The molecule has 22 heavy (non-hydrogen) atoms. The molecule has 1 heterocycles. The fraction of sp³-hybridized carbons (Fsp3) is 0.188. The highest BCUT2D eigenvalue weighted by atomic mass is 32.1. The molecule has 2 aromatic rings. The van der Waals surface area contributed by atoms with Gasteiger partial charge in [0.15, 0.2) is 5.13 Å². The van der Waals surface area contributed by atoms with Gasteiger partial charge < -0.3 is 10.4 Å². The minimum atomic E-state index is -1.06. The molecule has 0 unspecified atom stereocenters. The van der Waals surface area contributed by atoms with Crippen LogP contribution in [0.25, 0.3) is 12.2 Å². The molecule has 0 aliphatic heterocycles. The summed E-state index contributed by atoms with van der Waals surface area (Å²) in [5.74, 6) is -1.25. The van der Waals surface area contributed by atoms with Crippen LogP contribution in [0.3, 0.4) is 0 Å². The number of rotatable bonds is 5. The Morgan fingerprint density at radius 1 is 1.27 bits per heavy atom. The number of nitrogens with zero attached hydrogens (tertiary/aromatic N) is 1. The van der Waals surface area contributed by atoms with Crippen LogP contribution in [0.5, 0.6) is 0 Å². The lowest BCUT2D eigenvalue weighted by molar-refractivity contribution is -0.115. The topological polar surface area (TPSA) is 79.3 Å². The fourth-order valence-electron chi connectivity index (χ4n) is 1.71. The van der Waals surface area contributed by atoms with Crippen LogP contribution in [-0.2, 0) is 4.79 Å². The maximum Gasteiger partial charge on any atom is 0.348 e. The average molecular weight is 316 g/mol. The van der Waals surface area contributed by atoms with Gasteiger partial charge in [-0.25, -0.2) is 9.78 Å². The summed E-state index contributed by atoms with van der Waals surface area (Å²) in [6.45, 7) is 3.72. The lowest BCUT2D eigenvalue weighted by Gasteiger charge is -1.96. The number of benzene rings is 1. The highest BCUT2D eigenvalue weighted by Gasteiger charge is 2.16. The Bertz CT molecular complexity index is 717. The molecular weight excluding hydrogens is 300 g/mol. The van der Waals surface area contributed by atoms with E-state index >= 15 is 0 Å². The second-order valence-electron chi connectivity index (χ2n) is 4.68. The number of hydrogen-bond acceptors (Lipinski definition) is 4. The third-order valence-electron chi connectivity index (χ3n) is 2.93. The maximum atomic E-state index is 11.4. The van der Waals surface area contributed by atoms with Crippen molar-refractivity contribution >= 4 is 40.5 Å². The highest BCUT2D eigenvalue weighted by molar-refractivity contribution is 7.17. The third-order valence-corrected chi connectivity index (χ3v) is 3.90. The summed E-state index contributed by atoms with van der Waals surface area (Å²) in [5.41, 5.74) is 2.44. The van der Waals surface area contributed by atoms with E-state index in [1.807, 2.05) is 31.2 Å². The van der Waals surface area contributed by atoms with Gasteiger partial charge in [-0.1, -0.05) is 54.2 Å². The van der Waals surface area contributed by atoms with Gasteiger partial charge in [-0.15, -0.1) is 0 Å². The predicted molar refractivity (Wildman–Crippen MR) is 88.1 cm³/mol. The highest BCUT2D eigenvalue weighted by Crippen LogP contribution is 2.25. The van der Waals surface area contributed by atoms with Crippen molar-refractivity contribution in [1.82, 2.24) is 4.98 Å². The molecule has 1 amide bonds. The number of thiazole rings is 1. The molecule has 0 saturated heterocycles. The number of carboxylic acid groups (broad SMARTS) is 1. The molecule has 114 valence electrons. The Kier molecular flexibility index (Phi) is 5.06. The number of carboxylic acids is 1. The van der Waals surface area contributed by atoms with Crippen molar-refractivity contribution in [3.63, 3.8) is 0 Å². The largest absolute Gasteiger partial charge is 0.477 e. The van der Waals surface area contributed by atoms with E-state index in [9.17, 15) is 14.7 Å². The first-order valence-electron chi connectivity index (χ1n) is 6.78. The van der Waals surface area contributed by atoms with Crippen LogP contribution in [0, 0.1) is 6.92 Å². The van der Waals surface area contributed by atoms with Gasteiger partial charge >= 0.3 is 5.97 Å². The van der Waals surface area contributed by atoms with E-state index < -0.39 is 5.97 Å². The van der Waals surface area contributed by atoms with Crippen LogP contribution in [0.4, 0.5) is 5.13 Å². The second-order valence-corrected chi connectivity index (χ2v) is 5.68. The monoisotopic (exact) mass is 316 g/mol. The summed E-state index contributed by atoms with van der Waals surface area (Å²) in [7, 11) is 0. The number of aromatic carboxylic acids is 1. The van der Waals surface area contributed by atoms with Gasteiger partial charge in [0.1, 0.15) is 4.88 Å². The number of hydrogen-bond donors (Lipinski definition) is 2. The number of aromatic nitrogens is 1. The summed E-state index contributed by atoms with van der Waals surface area (Å²) < 4.78 is 0. The number of carbonyl (C=O) groups is 2. The zero-order valence-corrected chi connectivity index (χ0v) is 13.1. The molecule has 0 aliphatic carbocycles. The van der Waals surface area contributed by atoms with Gasteiger partial charge in [-0.05, 0) is 18.6 Å². The zero-order valence-electron chi connectivity index (χ0n) is 12.3. The molecule has 2 rings (SSSR count). The minimum absolute atomic E-state index is 0.106. The van der Waals surface area contributed by atoms with Gasteiger partial charge in [0.25, 0.3) is 0 Å². The summed E-state index contributed by atoms with van der Waals surface area (Å²) in [5, 5.41) is 12.1. The Morgan fingerprint density at radius 3 is 2.55 bits per heavy atom. The van der Waals surface area contributed by atoms with Crippen molar-refractivity contribution in [2.24, 2.45) is 0 Å². The number of anilines is 1. The maximum absolute atomic E-state index is 11.4. The lowest BCUT2D eigenvalue weighted by atomic mass is 10.1. The molecule has 0 aliphatic rings. The van der Waals surface area contributed by atoms with Gasteiger partial charge in [0.05, 0.1) is 5.69 Å². The van der Waals surface area contributed by atoms with Crippen molar-refractivity contribution in [2.45, 2.75) is 20.3 Å². The van der Waals surface area contributed by atoms with E-state index in [0.717, 1.165) is 22.5 Å². The normalized spacial score (nSPS) is 10.8. The Morgan fingerprint density at radius 2 is 1.95 bits per heavy atom. The zero-order chi connectivity index (χ0) is 16.1. The molecule has 0 radical (unpaired) electrons. The van der Waals surface area contributed by atoms with Crippen LogP contribution >= 0.6 is 11.3 Å². The minimum Gasteiger partial charge on any atom is -0.477 e. The quantitative estimate of drug-likeness (QED) is 0.882. The van der Waals surface area contributed by atoms with E-state index in [1.54, 1.807) is 19.1 Å². The first kappa shape index (κ1) is 15.9. The standard InChI is InChI=1S/C16H16N2O3S/c1-3-13(19)18-16-17-12(14(22-16)15(20)21)9-8-11-6-4-10(2)5-7-11/h4-9H,3H2,1-2H3,(H,20,21)(H,17,18,19)/b9-8+. The molecule has 0 atom stereocenters. The van der Waals surface area contributed by atoms with Crippen LogP contribution in [0.2, 0.25) is 0 Å². The summed E-state index contributed by atoms with van der Waals surface area (Å²) in [6, 6.07) is 7.84. The molecule has 5 nitrogen and oxygen atoms in total. The van der Waals surface area contributed by atoms with E-state index in [1.165, 1.54) is 0 Å². The van der Waals surface area contributed by atoms with Gasteiger partial charge in [-0.2, -0.15) is 0 Å². The second kappa shape index (κ2) is 7.00. The van der Waals surface area contributed by atoms with Crippen LogP contribution in [0.15, 0.2) is 24.3 Å². The van der Waals surface area contributed by atoms with Gasteiger partial charge in [0, 0.05) is 6.42 Å². The van der Waals surface area contributed by atoms with Crippen molar-refractivity contribution in [1.29, 1.82) is 0 Å². The van der Waals surface area contributed by atoms with Crippen molar-refractivity contribution in [3.05, 3.63) is 46.0 Å². The number of amides is 1. The van der Waals surface area contributed by atoms with Gasteiger partial charge in [-0.3, -0.25) is 4.79 Å². The Balaban J connectivity index is 2.26. The first-order valence-corrected chi connectivity index (χ1v) is 7.60. The molecule has 0 fully saturated rings. The first-order chi connectivity index (χ1) is 10.5. The van der Waals surface area contributed by atoms with Crippen LogP contribution in [-0.4, -0.2) is 22.0 Å². The molecule has 0 saturated carbocycles. The van der Waals surface area contributed by atoms with E-state index in [-0.39, 0.29) is 10.8 Å². The predicted octanol–water partition coefficient (Wildman–Crippen LogP) is 3.67. The molecule has 2 N–H and O–H groups in total. The Hall–Kier alpha value is -2.47. The Labute approximate surface area is 132 Å². The number of aryl methyl sites for hydroxylation is 1.